The summed E-state index contributed by atoms with van der Waals surface area (Å²) in [7, 11) is -2.40. The Morgan fingerprint density at radius 2 is 1.83 bits per heavy atom. The molecule has 3 N–H and O–H groups in total. The van der Waals surface area contributed by atoms with Gasteiger partial charge in [-0.05, 0) is 24.3 Å². The Balaban J connectivity index is 2.02. The van der Waals surface area contributed by atoms with Crippen LogP contribution in [0.25, 0.3) is 11.0 Å². The van der Waals surface area contributed by atoms with E-state index in [1.165, 1.54) is 31.4 Å². The molecule has 23 heavy (non-hydrogen) atoms. The highest BCUT2D eigenvalue weighted by Crippen LogP contribution is 2.28. The average molecular weight is 354 g/mol. The van der Waals surface area contributed by atoms with Gasteiger partial charge in [-0.15, -0.1) is 0 Å². The highest BCUT2D eigenvalue weighted by molar-refractivity contribution is 7.92. The third-order valence-electron chi connectivity index (χ3n) is 3.20. The molecule has 1 heterocycles. The highest BCUT2D eigenvalue weighted by atomic mass is 35.5. The summed E-state index contributed by atoms with van der Waals surface area (Å²) < 4.78 is 32.3. The molecule has 3 rings (SSSR count). The summed E-state index contributed by atoms with van der Waals surface area (Å²) in [6.07, 6.45) is 0. The maximum Gasteiger partial charge on any atom is 0.323 e. The lowest BCUT2D eigenvalue weighted by molar-refractivity contribution is 0.413. The first kappa shape index (κ1) is 15.4. The second-order valence-corrected chi connectivity index (χ2v) is 6.83. The number of hydrogen-bond acceptors (Lipinski definition) is 4. The van der Waals surface area contributed by atoms with Crippen LogP contribution in [0.3, 0.4) is 0 Å². The fourth-order valence-electron chi connectivity index (χ4n) is 2.11. The number of benzene rings is 2. The smallest absolute Gasteiger partial charge is 0.323 e. The van der Waals surface area contributed by atoms with Gasteiger partial charge in [0.15, 0.2) is 0 Å². The fourth-order valence-corrected chi connectivity index (χ4v) is 3.48. The van der Waals surface area contributed by atoms with Crippen molar-refractivity contribution in [3.8, 4) is 5.75 Å². The molecule has 7 nitrogen and oxygen atoms in total. The van der Waals surface area contributed by atoms with Gasteiger partial charge in [0.2, 0.25) is 0 Å². The number of aromatic amines is 2. The summed E-state index contributed by atoms with van der Waals surface area (Å²) in [5, 5.41) is 0.166. The predicted octanol–water partition coefficient (Wildman–Crippen LogP) is 2.32. The van der Waals surface area contributed by atoms with Crippen molar-refractivity contribution in [2.45, 2.75) is 4.90 Å². The Kier molecular flexibility index (Phi) is 3.78. The lowest BCUT2D eigenvalue weighted by Gasteiger charge is -2.10. The summed E-state index contributed by atoms with van der Waals surface area (Å²) in [5.74, 6) is 0.421. The number of aromatic nitrogens is 2. The molecular formula is C14H12ClN3O4S. The van der Waals surface area contributed by atoms with Crippen LogP contribution in [0.15, 0.2) is 46.1 Å². The van der Waals surface area contributed by atoms with E-state index in [0.29, 0.717) is 16.8 Å². The van der Waals surface area contributed by atoms with Crippen molar-refractivity contribution in [3.05, 3.63) is 51.9 Å². The molecule has 0 aliphatic heterocycles. The number of imidazole rings is 1. The van der Waals surface area contributed by atoms with Gasteiger partial charge in [0, 0.05) is 6.07 Å². The summed E-state index contributed by atoms with van der Waals surface area (Å²) in [5.41, 5.74) is 0.702. The Morgan fingerprint density at radius 1 is 1.13 bits per heavy atom. The van der Waals surface area contributed by atoms with E-state index < -0.39 is 15.7 Å². The van der Waals surface area contributed by atoms with Crippen molar-refractivity contribution in [2.75, 3.05) is 11.8 Å². The van der Waals surface area contributed by atoms with E-state index in [9.17, 15) is 13.2 Å². The number of halogens is 1. The van der Waals surface area contributed by atoms with Gasteiger partial charge in [-0.1, -0.05) is 17.7 Å². The Hall–Kier alpha value is -2.45. The second kappa shape index (κ2) is 5.64. The maximum absolute atomic E-state index is 12.5. The first-order chi connectivity index (χ1) is 10.9. The van der Waals surface area contributed by atoms with Crippen molar-refractivity contribution in [3.63, 3.8) is 0 Å². The number of anilines is 1. The third kappa shape index (κ3) is 3.03. The zero-order valence-electron chi connectivity index (χ0n) is 11.9. The summed E-state index contributed by atoms with van der Waals surface area (Å²) in [6, 6.07) is 8.97. The van der Waals surface area contributed by atoms with Crippen LogP contribution in [0.4, 0.5) is 5.69 Å². The normalized spacial score (nSPS) is 11.6. The number of rotatable bonds is 4. The van der Waals surface area contributed by atoms with Crippen LogP contribution in [0.1, 0.15) is 0 Å². The lowest BCUT2D eigenvalue weighted by Crippen LogP contribution is -2.13. The van der Waals surface area contributed by atoms with Crippen molar-refractivity contribution < 1.29 is 13.2 Å². The molecule has 0 bridgehead atoms. The van der Waals surface area contributed by atoms with Crippen molar-refractivity contribution in [2.24, 2.45) is 0 Å². The van der Waals surface area contributed by atoms with Crippen LogP contribution in [-0.2, 0) is 10.0 Å². The molecule has 0 spiro atoms. The summed E-state index contributed by atoms with van der Waals surface area (Å²) >= 11 is 6.08. The van der Waals surface area contributed by atoms with Gasteiger partial charge in [0.1, 0.15) is 5.75 Å². The molecule has 0 unspecified atom stereocenters. The molecule has 0 saturated heterocycles. The van der Waals surface area contributed by atoms with Gasteiger partial charge < -0.3 is 14.7 Å². The highest BCUT2D eigenvalue weighted by Gasteiger charge is 2.17. The first-order valence-electron chi connectivity index (χ1n) is 6.47. The van der Waals surface area contributed by atoms with Gasteiger partial charge in [-0.3, -0.25) is 4.72 Å². The van der Waals surface area contributed by atoms with E-state index >= 15 is 0 Å². The first-order valence-corrected chi connectivity index (χ1v) is 8.33. The maximum atomic E-state index is 12.5. The standard InChI is InChI=1S/C14H12ClN3O4S/c1-22-8-3-2-4-9(5-8)23(20,21)18-11-7-13-12(6-10(11)15)16-14(19)17-13/h2-7,18H,1H3,(H2,16,17,19). The number of fused-ring (bicyclic) bond motifs is 1. The number of ether oxygens (including phenoxy) is 1. The molecule has 0 atom stereocenters. The van der Waals surface area contributed by atoms with E-state index in [0.717, 1.165) is 0 Å². The molecule has 1 aromatic heterocycles. The SMILES string of the molecule is COc1cccc(S(=O)(=O)Nc2cc3[nH]c(=O)[nH]c3cc2Cl)c1. The van der Waals surface area contributed by atoms with Crippen molar-refractivity contribution >= 4 is 38.3 Å². The molecule has 0 saturated carbocycles. The zero-order valence-corrected chi connectivity index (χ0v) is 13.5. The molecule has 0 fully saturated rings. The van der Waals surface area contributed by atoms with Gasteiger partial charge in [-0.25, -0.2) is 13.2 Å². The Labute approximate surface area is 136 Å². The van der Waals surface area contributed by atoms with Crippen LogP contribution >= 0.6 is 11.6 Å². The number of hydrogen-bond donors (Lipinski definition) is 3. The lowest BCUT2D eigenvalue weighted by atomic mass is 10.3. The fraction of sp³-hybridized carbons (Fsp3) is 0.0714. The van der Waals surface area contributed by atoms with E-state index in [2.05, 4.69) is 14.7 Å². The second-order valence-electron chi connectivity index (χ2n) is 4.74. The quantitative estimate of drug-likeness (QED) is 0.669. The van der Waals surface area contributed by atoms with Crippen LogP contribution < -0.4 is 15.1 Å². The van der Waals surface area contributed by atoms with Gasteiger partial charge in [0.25, 0.3) is 10.0 Å². The molecular weight excluding hydrogens is 342 g/mol. The van der Waals surface area contributed by atoms with E-state index in [1.54, 1.807) is 12.1 Å². The number of H-pyrrole nitrogens is 2. The zero-order chi connectivity index (χ0) is 16.6. The topological polar surface area (TPSA) is 104 Å². The molecule has 9 heteroatoms. The molecule has 3 aromatic rings. The largest absolute Gasteiger partial charge is 0.497 e. The molecule has 120 valence electrons. The summed E-state index contributed by atoms with van der Waals surface area (Å²) in [4.78, 5) is 16.4. The minimum atomic E-state index is -3.85. The molecule has 0 aliphatic rings. The predicted molar refractivity (Wildman–Crippen MR) is 87.7 cm³/mol. The minimum absolute atomic E-state index is 0.0376. The molecule has 2 aromatic carbocycles. The number of sulfonamides is 1. The van der Waals surface area contributed by atoms with E-state index in [-0.39, 0.29) is 15.6 Å². The third-order valence-corrected chi connectivity index (χ3v) is 4.88. The Bertz CT molecular complexity index is 1040. The van der Waals surface area contributed by atoms with Crippen molar-refractivity contribution in [1.82, 2.24) is 9.97 Å². The number of nitrogens with one attached hydrogen (secondary N) is 3. The van der Waals surface area contributed by atoms with E-state index in [1.807, 2.05) is 0 Å². The Morgan fingerprint density at radius 3 is 2.52 bits per heavy atom. The van der Waals surface area contributed by atoms with Crippen LogP contribution in [0.2, 0.25) is 5.02 Å². The van der Waals surface area contributed by atoms with Gasteiger partial charge in [0.05, 0.1) is 33.7 Å². The van der Waals surface area contributed by atoms with Crippen LogP contribution in [0, 0.1) is 0 Å². The summed E-state index contributed by atoms with van der Waals surface area (Å²) in [6.45, 7) is 0. The van der Waals surface area contributed by atoms with Crippen molar-refractivity contribution in [1.29, 1.82) is 0 Å². The minimum Gasteiger partial charge on any atom is -0.497 e. The molecule has 0 radical (unpaired) electrons. The average Bonchev–Trinajstić information content (AvgIpc) is 2.86. The number of methoxy groups -OCH3 is 1. The molecule has 0 amide bonds. The van der Waals surface area contributed by atoms with Crippen LogP contribution in [0.5, 0.6) is 5.75 Å². The van der Waals surface area contributed by atoms with Gasteiger partial charge in [-0.2, -0.15) is 0 Å². The monoisotopic (exact) mass is 353 g/mol. The van der Waals surface area contributed by atoms with E-state index in [4.69, 9.17) is 16.3 Å². The van der Waals surface area contributed by atoms with Crippen LogP contribution in [-0.4, -0.2) is 25.5 Å². The molecule has 0 aliphatic carbocycles. The van der Waals surface area contributed by atoms with Gasteiger partial charge >= 0.3 is 5.69 Å².